The van der Waals surface area contributed by atoms with Crippen LogP contribution in [0.1, 0.15) is 48.4 Å². The summed E-state index contributed by atoms with van der Waals surface area (Å²) in [6, 6.07) is 4.18. The van der Waals surface area contributed by atoms with E-state index >= 15 is 0 Å². The molecule has 0 bridgehead atoms. The summed E-state index contributed by atoms with van der Waals surface area (Å²) in [7, 11) is 0. The van der Waals surface area contributed by atoms with Crippen LogP contribution in [0.5, 0.6) is 0 Å². The fraction of sp³-hybridized carbons (Fsp3) is 0.591. The van der Waals surface area contributed by atoms with E-state index in [0.29, 0.717) is 6.54 Å². The first-order chi connectivity index (χ1) is 14.2. The van der Waals surface area contributed by atoms with Crippen LogP contribution in [0, 0.1) is 12.8 Å². The molecule has 2 saturated heterocycles. The van der Waals surface area contributed by atoms with E-state index in [1.165, 1.54) is 19.3 Å². The van der Waals surface area contributed by atoms with Gasteiger partial charge in [0.15, 0.2) is 0 Å². The van der Waals surface area contributed by atoms with Gasteiger partial charge in [0.25, 0.3) is 0 Å². The first-order valence-electron chi connectivity index (χ1n) is 10.8. The van der Waals surface area contributed by atoms with Gasteiger partial charge < -0.3 is 10.2 Å². The van der Waals surface area contributed by atoms with Crippen molar-refractivity contribution in [3.05, 3.63) is 40.0 Å². The van der Waals surface area contributed by atoms with Gasteiger partial charge >= 0.3 is 0 Å². The Hall–Kier alpha value is -1.99. The Morgan fingerprint density at radius 2 is 1.97 bits per heavy atom. The number of rotatable bonds is 6. The van der Waals surface area contributed by atoms with Crippen LogP contribution in [0.2, 0.25) is 0 Å². The largest absolute Gasteiger partial charge is 0.357 e. The van der Waals surface area contributed by atoms with Gasteiger partial charge in [-0.3, -0.25) is 9.69 Å². The zero-order chi connectivity index (χ0) is 20.1. The van der Waals surface area contributed by atoms with Crippen LogP contribution < -0.4 is 10.2 Å². The first-order valence-corrected chi connectivity index (χ1v) is 11.7. The van der Waals surface area contributed by atoms with Gasteiger partial charge in [0, 0.05) is 43.7 Å². The lowest BCUT2D eigenvalue weighted by Gasteiger charge is -2.30. The Morgan fingerprint density at radius 3 is 2.62 bits per heavy atom. The first kappa shape index (κ1) is 20.3. The Balaban J connectivity index is 1.20. The number of pyridine rings is 1. The summed E-state index contributed by atoms with van der Waals surface area (Å²) in [6.07, 6.45) is 7.57. The maximum absolute atomic E-state index is 12.6. The van der Waals surface area contributed by atoms with Gasteiger partial charge in [-0.1, -0.05) is 6.07 Å². The molecule has 7 heteroatoms. The lowest BCUT2D eigenvalue weighted by Crippen LogP contribution is -2.40. The zero-order valence-electron chi connectivity index (χ0n) is 17.3. The molecule has 2 aromatic heterocycles. The maximum atomic E-state index is 12.6. The summed E-state index contributed by atoms with van der Waals surface area (Å²) in [6.45, 7) is 7.62. The molecular weight excluding hydrogens is 382 g/mol. The number of thiazole rings is 1. The summed E-state index contributed by atoms with van der Waals surface area (Å²) >= 11 is 1.70. The average molecular weight is 414 g/mol. The van der Waals surface area contributed by atoms with Gasteiger partial charge in [-0.25, -0.2) is 9.97 Å². The van der Waals surface area contributed by atoms with Crippen LogP contribution in [-0.2, 0) is 17.9 Å². The van der Waals surface area contributed by atoms with Gasteiger partial charge in [0.1, 0.15) is 5.82 Å². The minimum Gasteiger partial charge on any atom is -0.357 e. The maximum Gasteiger partial charge on any atom is 0.223 e. The predicted molar refractivity (Wildman–Crippen MR) is 117 cm³/mol. The summed E-state index contributed by atoms with van der Waals surface area (Å²) in [5, 5.41) is 6.37. The van der Waals surface area contributed by atoms with Gasteiger partial charge in [0.05, 0.1) is 10.7 Å². The molecule has 0 aliphatic carbocycles. The third kappa shape index (κ3) is 5.54. The van der Waals surface area contributed by atoms with Crippen molar-refractivity contribution >= 4 is 23.1 Å². The van der Waals surface area contributed by atoms with Crippen molar-refractivity contribution < 1.29 is 4.79 Å². The van der Waals surface area contributed by atoms with E-state index in [4.69, 9.17) is 0 Å². The topological polar surface area (TPSA) is 61.4 Å². The van der Waals surface area contributed by atoms with Gasteiger partial charge in [-0.2, -0.15) is 0 Å². The van der Waals surface area contributed by atoms with E-state index in [1.807, 2.05) is 13.1 Å². The summed E-state index contributed by atoms with van der Waals surface area (Å²) in [5.74, 6) is 1.35. The smallest absolute Gasteiger partial charge is 0.223 e. The van der Waals surface area contributed by atoms with Crippen molar-refractivity contribution in [2.45, 2.75) is 52.1 Å². The highest BCUT2D eigenvalue weighted by Crippen LogP contribution is 2.21. The highest BCUT2D eigenvalue weighted by atomic mass is 32.1. The Labute approximate surface area is 177 Å². The molecule has 4 rings (SSSR count). The number of carbonyl (C=O) groups excluding carboxylic acids is 1. The number of nitrogens with zero attached hydrogens (tertiary/aromatic N) is 4. The van der Waals surface area contributed by atoms with Crippen LogP contribution in [0.3, 0.4) is 0 Å². The van der Waals surface area contributed by atoms with E-state index in [0.717, 1.165) is 67.6 Å². The lowest BCUT2D eigenvalue weighted by molar-refractivity contribution is -0.126. The summed E-state index contributed by atoms with van der Waals surface area (Å²) in [4.78, 5) is 26.5. The quantitative estimate of drug-likeness (QED) is 0.787. The Morgan fingerprint density at radius 1 is 1.17 bits per heavy atom. The van der Waals surface area contributed by atoms with Crippen molar-refractivity contribution in [2.24, 2.45) is 5.92 Å². The van der Waals surface area contributed by atoms with Crippen molar-refractivity contribution in [3.8, 4) is 0 Å². The molecule has 1 N–H and O–H groups in total. The van der Waals surface area contributed by atoms with Crippen LogP contribution in [-0.4, -0.2) is 47.0 Å². The summed E-state index contributed by atoms with van der Waals surface area (Å²) in [5.41, 5.74) is 2.21. The Bertz CT molecular complexity index is 792. The third-order valence-electron chi connectivity index (χ3n) is 5.97. The number of anilines is 1. The zero-order valence-corrected chi connectivity index (χ0v) is 18.1. The van der Waals surface area contributed by atoms with Crippen LogP contribution in [0.4, 0.5) is 5.82 Å². The number of carbonyl (C=O) groups is 1. The molecule has 4 heterocycles. The Kier molecular flexibility index (Phi) is 6.77. The van der Waals surface area contributed by atoms with Crippen molar-refractivity contribution in [3.63, 3.8) is 0 Å². The number of nitrogens with one attached hydrogen (secondary N) is 1. The number of piperidine rings is 2. The molecule has 2 aromatic rings. The molecule has 0 spiro atoms. The number of amides is 1. The predicted octanol–water partition coefficient (Wildman–Crippen LogP) is 3.37. The fourth-order valence-electron chi connectivity index (χ4n) is 4.23. The molecule has 2 aliphatic heterocycles. The van der Waals surface area contributed by atoms with E-state index in [1.54, 1.807) is 11.3 Å². The van der Waals surface area contributed by atoms with E-state index in [-0.39, 0.29) is 11.8 Å². The van der Waals surface area contributed by atoms with Crippen LogP contribution in [0.15, 0.2) is 23.7 Å². The van der Waals surface area contributed by atoms with Crippen molar-refractivity contribution in [2.75, 3.05) is 31.1 Å². The molecule has 0 atom stereocenters. The molecular formula is C22H31N5OS. The van der Waals surface area contributed by atoms with Gasteiger partial charge in [-0.05, 0) is 63.7 Å². The SMILES string of the molecule is Cc1nc(CN2CCC(C(=O)NCc3ccc(N4CCCCC4)nc3)CC2)cs1. The molecule has 29 heavy (non-hydrogen) atoms. The van der Waals surface area contributed by atoms with Crippen LogP contribution >= 0.6 is 11.3 Å². The second kappa shape index (κ2) is 9.67. The molecule has 156 valence electrons. The number of aryl methyl sites for hydroxylation is 1. The van der Waals surface area contributed by atoms with E-state index < -0.39 is 0 Å². The van der Waals surface area contributed by atoms with Gasteiger partial charge in [0.2, 0.25) is 5.91 Å². The number of aromatic nitrogens is 2. The highest BCUT2D eigenvalue weighted by molar-refractivity contribution is 7.09. The van der Waals surface area contributed by atoms with E-state index in [2.05, 4.69) is 42.6 Å². The molecule has 6 nitrogen and oxygen atoms in total. The second-order valence-electron chi connectivity index (χ2n) is 8.20. The van der Waals surface area contributed by atoms with Crippen LogP contribution in [0.25, 0.3) is 0 Å². The standard InChI is InChI=1S/C22H31N5OS/c1-17-25-20(16-29-17)15-26-11-7-19(8-12-26)22(28)24-14-18-5-6-21(23-13-18)27-9-3-2-4-10-27/h5-6,13,16,19H,2-4,7-12,14-15H2,1H3,(H,24,28). The molecule has 0 unspecified atom stereocenters. The monoisotopic (exact) mass is 413 g/mol. The minimum absolute atomic E-state index is 0.115. The average Bonchev–Trinajstić information content (AvgIpc) is 3.18. The number of hydrogen-bond donors (Lipinski definition) is 1. The molecule has 1 amide bonds. The van der Waals surface area contributed by atoms with Crippen molar-refractivity contribution in [1.82, 2.24) is 20.2 Å². The second-order valence-corrected chi connectivity index (χ2v) is 9.26. The summed E-state index contributed by atoms with van der Waals surface area (Å²) < 4.78 is 0. The van der Waals surface area contributed by atoms with Gasteiger partial charge in [-0.15, -0.1) is 11.3 Å². The number of hydrogen-bond acceptors (Lipinski definition) is 6. The van der Waals surface area contributed by atoms with E-state index in [9.17, 15) is 4.79 Å². The molecule has 2 fully saturated rings. The fourth-order valence-corrected chi connectivity index (χ4v) is 4.83. The third-order valence-corrected chi connectivity index (χ3v) is 6.79. The molecule has 0 aromatic carbocycles. The number of likely N-dealkylation sites (tertiary alicyclic amines) is 1. The molecule has 0 saturated carbocycles. The minimum atomic E-state index is 0.115. The highest BCUT2D eigenvalue weighted by Gasteiger charge is 2.25. The van der Waals surface area contributed by atoms with Crippen molar-refractivity contribution in [1.29, 1.82) is 0 Å². The lowest BCUT2D eigenvalue weighted by atomic mass is 9.95. The normalized spacial score (nSPS) is 18.7. The molecule has 0 radical (unpaired) electrons. The molecule has 2 aliphatic rings.